The molecule has 0 saturated heterocycles. The quantitative estimate of drug-likeness (QED) is 0.869. The molecule has 0 fully saturated rings. The van der Waals surface area contributed by atoms with Gasteiger partial charge >= 0.3 is 0 Å². The summed E-state index contributed by atoms with van der Waals surface area (Å²) in [6.45, 7) is 5.03. The molecule has 2 unspecified atom stereocenters. The molecule has 2 atom stereocenters. The molecular formula is C14H18FNO3S. The molecular weight excluding hydrogens is 281 g/mol. The van der Waals surface area contributed by atoms with Crippen molar-refractivity contribution in [2.24, 2.45) is 5.92 Å². The molecule has 0 bridgehead atoms. The van der Waals surface area contributed by atoms with Crippen LogP contribution >= 0.6 is 0 Å². The summed E-state index contributed by atoms with van der Waals surface area (Å²) in [4.78, 5) is 23.4. The summed E-state index contributed by atoms with van der Waals surface area (Å²) in [5, 5.41) is 2.56. The third-order valence-corrected chi connectivity index (χ3v) is 4.05. The van der Waals surface area contributed by atoms with E-state index in [0.717, 1.165) is 6.07 Å². The largest absolute Gasteiger partial charge is 0.345 e. The predicted octanol–water partition coefficient (Wildman–Crippen LogP) is 1.66. The Morgan fingerprint density at radius 3 is 2.50 bits per heavy atom. The topological polar surface area (TPSA) is 63.2 Å². The van der Waals surface area contributed by atoms with E-state index in [9.17, 15) is 18.2 Å². The highest BCUT2D eigenvalue weighted by Gasteiger charge is 2.21. The molecule has 1 rings (SSSR count). The van der Waals surface area contributed by atoms with E-state index in [-0.39, 0.29) is 22.3 Å². The van der Waals surface area contributed by atoms with Crippen LogP contribution in [0.3, 0.4) is 0 Å². The van der Waals surface area contributed by atoms with Gasteiger partial charge in [-0.2, -0.15) is 0 Å². The summed E-state index contributed by atoms with van der Waals surface area (Å²) in [7, 11) is -1.63. The van der Waals surface area contributed by atoms with Gasteiger partial charge in [0.1, 0.15) is 11.6 Å². The van der Waals surface area contributed by atoms with Gasteiger partial charge in [-0.15, -0.1) is 0 Å². The fraction of sp³-hybridized carbons (Fsp3) is 0.429. The summed E-state index contributed by atoms with van der Waals surface area (Å²) >= 11 is 0. The van der Waals surface area contributed by atoms with Crippen molar-refractivity contribution >= 4 is 22.5 Å². The molecule has 1 aromatic rings. The van der Waals surface area contributed by atoms with Gasteiger partial charge in [0.05, 0.1) is 16.8 Å². The Labute approximate surface area is 120 Å². The lowest BCUT2D eigenvalue weighted by molar-refractivity contribution is -0.126. The number of Topliss-reactive ketones (excluding diaryl/α,β-unsaturated/α-hetero) is 1. The minimum atomic E-state index is -1.63. The number of hydrogen-bond acceptors (Lipinski definition) is 3. The second-order valence-electron chi connectivity index (χ2n) is 4.85. The number of carbonyl (C=O) groups excluding carboxylic acids is 2. The summed E-state index contributed by atoms with van der Waals surface area (Å²) in [5.41, 5.74) is 0. The zero-order valence-electron chi connectivity index (χ0n) is 11.7. The maximum atomic E-state index is 13.0. The molecule has 0 aliphatic heterocycles. The van der Waals surface area contributed by atoms with E-state index in [4.69, 9.17) is 0 Å². The summed E-state index contributed by atoms with van der Waals surface area (Å²) in [6.07, 6.45) is 0. The normalized spacial score (nSPS) is 13.8. The molecule has 0 aliphatic rings. The van der Waals surface area contributed by atoms with Crippen LogP contribution in [0.5, 0.6) is 0 Å². The van der Waals surface area contributed by atoms with Crippen molar-refractivity contribution < 1.29 is 18.2 Å². The van der Waals surface area contributed by atoms with Gasteiger partial charge in [0.25, 0.3) is 0 Å². The zero-order valence-corrected chi connectivity index (χ0v) is 12.5. The standard InChI is InChI=1S/C14H18FNO3S/c1-9(2)14(10(3)17)16-13(18)8-20(19)12-6-4-5-11(15)7-12/h4-7,9,14H,8H2,1-3H3,(H,16,18). The van der Waals surface area contributed by atoms with Crippen molar-refractivity contribution in [1.29, 1.82) is 0 Å². The van der Waals surface area contributed by atoms with Crippen LogP contribution in [0.1, 0.15) is 20.8 Å². The van der Waals surface area contributed by atoms with Gasteiger partial charge in [-0.1, -0.05) is 19.9 Å². The summed E-state index contributed by atoms with van der Waals surface area (Å²) in [5.74, 6) is -1.47. The zero-order chi connectivity index (χ0) is 15.3. The number of benzene rings is 1. The highest BCUT2D eigenvalue weighted by molar-refractivity contribution is 7.85. The minimum absolute atomic E-state index is 0.0425. The Balaban J connectivity index is 2.66. The molecule has 0 radical (unpaired) electrons. The van der Waals surface area contributed by atoms with Crippen molar-refractivity contribution in [3.05, 3.63) is 30.1 Å². The van der Waals surface area contributed by atoms with Crippen molar-refractivity contribution in [2.45, 2.75) is 31.7 Å². The van der Waals surface area contributed by atoms with Gasteiger partial charge in [0.2, 0.25) is 5.91 Å². The van der Waals surface area contributed by atoms with E-state index in [2.05, 4.69) is 5.32 Å². The first-order chi connectivity index (χ1) is 9.31. The molecule has 0 saturated carbocycles. The second kappa shape index (κ2) is 7.28. The lowest BCUT2D eigenvalue weighted by Crippen LogP contribution is -2.45. The maximum absolute atomic E-state index is 13.0. The first-order valence-electron chi connectivity index (χ1n) is 6.25. The molecule has 0 spiro atoms. The van der Waals surface area contributed by atoms with Gasteiger partial charge in [0, 0.05) is 4.90 Å². The average molecular weight is 299 g/mol. The third kappa shape index (κ3) is 4.85. The van der Waals surface area contributed by atoms with Gasteiger partial charge < -0.3 is 5.32 Å². The van der Waals surface area contributed by atoms with Crippen LogP contribution in [-0.2, 0) is 20.4 Å². The monoisotopic (exact) mass is 299 g/mol. The number of halogens is 1. The van der Waals surface area contributed by atoms with Crippen molar-refractivity contribution in [1.82, 2.24) is 5.32 Å². The van der Waals surface area contributed by atoms with E-state index >= 15 is 0 Å². The van der Waals surface area contributed by atoms with E-state index in [1.165, 1.54) is 25.1 Å². The smallest absolute Gasteiger partial charge is 0.233 e. The summed E-state index contributed by atoms with van der Waals surface area (Å²) < 4.78 is 24.9. The van der Waals surface area contributed by atoms with Crippen LogP contribution in [0.25, 0.3) is 0 Å². The Hall–Kier alpha value is -1.56. The van der Waals surface area contributed by atoms with Crippen LogP contribution in [0.2, 0.25) is 0 Å². The van der Waals surface area contributed by atoms with Gasteiger partial charge in [-0.05, 0) is 31.0 Å². The Morgan fingerprint density at radius 1 is 1.35 bits per heavy atom. The molecule has 20 heavy (non-hydrogen) atoms. The fourth-order valence-corrected chi connectivity index (χ4v) is 2.73. The van der Waals surface area contributed by atoms with E-state index < -0.39 is 28.6 Å². The number of amides is 1. The first kappa shape index (κ1) is 16.5. The SMILES string of the molecule is CC(=O)C(NC(=O)CS(=O)c1cccc(F)c1)C(C)C. The Morgan fingerprint density at radius 2 is 2.00 bits per heavy atom. The van der Waals surface area contributed by atoms with E-state index in [1.54, 1.807) is 0 Å². The highest BCUT2D eigenvalue weighted by atomic mass is 32.2. The molecule has 1 N–H and O–H groups in total. The van der Waals surface area contributed by atoms with Gasteiger partial charge in [-0.3, -0.25) is 13.8 Å². The van der Waals surface area contributed by atoms with Crippen LogP contribution in [0.4, 0.5) is 4.39 Å². The second-order valence-corrected chi connectivity index (χ2v) is 6.30. The van der Waals surface area contributed by atoms with E-state index in [0.29, 0.717) is 0 Å². The predicted molar refractivity (Wildman–Crippen MR) is 75.1 cm³/mol. The molecule has 1 aromatic carbocycles. The van der Waals surface area contributed by atoms with E-state index in [1.807, 2.05) is 13.8 Å². The van der Waals surface area contributed by atoms with Crippen molar-refractivity contribution in [2.75, 3.05) is 5.75 Å². The number of hydrogen-bond donors (Lipinski definition) is 1. The number of rotatable bonds is 6. The van der Waals surface area contributed by atoms with Crippen molar-refractivity contribution in [3.8, 4) is 0 Å². The van der Waals surface area contributed by atoms with Crippen LogP contribution in [0.15, 0.2) is 29.2 Å². The summed E-state index contributed by atoms with van der Waals surface area (Å²) in [6, 6.07) is 4.72. The van der Waals surface area contributed by atoms with Crippen LogP contribution < -0.4 is 5.32 Å². The number of ketones is 1. The molecule has 110 valence electrons. The number of nitrogens with one attached hydrogen (secondary N) is 1. The Kier molecular flexibility index (Phi) is 6.01. The highest BCUT2D eigenvalue weighted by Crippen LogP contribution is 2.09. The van der Waals surface area contributed by atoms with Crippen LogP contribution in [-0.4, -0.2) is 27.7 Å². The molecule has 0 aromatic heterocycles. The molecule has 0 heterocycles. The fourth-order valence-electron chi connectivity index (χ4n) is 1.76. The third-order valence-electron chi connectivity index (χ3n) is 2.74. The molecule has 4 nitrogen and oxygen atoms in total. The molecule has 0 aliphatic carbocycles. The lowest BCUT2D eigenvalue weighted by atomic mass is 10.0. The van der Waals surface area contributed by atoms with Gasteiger partial charge in [-0.25, -0.2) is 4.39 Å². The maximum Gasteiger partial charge on any atom is 0.233 e. The molecule has 1 amide bonds. The van der Waals surface area contributed by atoms with Crippen LogP contribution in [0, 0.1) is 11.7 Å². The molecule has 6 heteroatoms. The Bertz CT molecular complexity index is 531. The lowest BCUT2D eigenvalue weighted by Gasteiger charge is -2.19. The van der Waals surface area contributed by atoms with Gasteiger partial charge in [0.15, 0.2) is 5.78 Å². The average Bonchev–Trinajstić information content (AvgIpc) is 2.35. The number of carbonyl (C=O) groups is 2. The first-order valence-corrected chi connectivity index (χ1v) is 7.57. The van der Waals surface area contributed by atoms with Crippen molar-refractivity contribution in [3.63, 3.8) is 0 Å². The minimum Gasteiger partial charge on any atom is -0.345 e.